The van der Waals surface area contributed by atoms with Crippen molar-refractivity contribution in [2.45, 2.75) is 139 Å². The first-order valence-electron chi connectivity index (χ1n) is 27.0. The maximum atomic E-state index is 14.4. The molecule has 0 saturated carbocycles. The SMILES string of the molecule is CCCCCOc1ccc(-c2ccc(-c3ccc(C(=O)N[C@@H]4CCCNC(=O)[C@@H]5[C@@H](O)[C@@H](C)CN5C(=O)[C@H](C(C)O)NC(=O)[C@H]([C@H](O)Cc5ccc(O)cc5)NC(=O)[C@@H]5C[C@@H](O)CN5C(=O)[C@H](C(C)O)NC4=O)cc3)cc2)cc1. The lowest BCUT2D eigenvalue weighted by Crippen LogP contribution is -2.64. The van der Waals surface area contributed by atoms with E-state index in [0.717, 1.165) is 57.1 Å². The number of hydrogen-bond donors (Lipinski definition) is 11. The van der Waals surface area contributed by atoms with Gasteiger partial charge in [0.05, 0.1) is 37.1 Å². The molecule has 3 fully saturated rings. The quantitative estimate of drug-likeness (QED) is 0.0794. The van der Waals surface area contributed by atoms with Crippen LogP contribution in [-0.2, 0) is 35.2 Å². The Morgan fingerprint density at radius 2 is 1.23 bits per heavy atom. The van der Waals surface area contributed by atoms with Gasteiger partial charge in [0, 0.05) is 44.0 Å². The minimum absolute atomic E-state index is 0.0103. The van der Waals surface area contributed by atoms with E-state index in [1.54, 1.807) is 31.2 Å². The van der Waals surface area contributed by atoms with Crippen molar-refractivity contribution in [2.75, 3.05) is 26.2 Å². The summed E-state index contributed by atoms with van der Waals surface area (Å²) in [5, 5.41) is 78.4. The van der Waals surface area contributed by atoms with Crippen molar-refractivity contribution in [1.82, 2.24) is 36.4 Å². The molecular formula is C58H73N7O14. The molecule has 21 heteroatoms. The second-order valence-electron chi connectivity index (χ2n) is 20.9. The number of fused-ring (bicyclic) bond motifs is 2. The van der Waals surface area contributed by atoms with Gasteiger partial charge in [0.25, 0.3) is 5.91 Å². The van der Waals surface area contributed by atoms with E-state index in [-0.39, 0.29) is 50.1 Å². The second-order valence-corrected chi connectivity index (χ2v) is 20.9. The maximum Gasteiger partial charge on any atom is 0.251 e. The van der Waals surface area contributed by atoms with Crippen LogP contribution in [0, 0.1) is 5.92 Å². The highest BCUT2D eigenvalue weighted by atomic mass is 16.5. The summed E-state index contributed by atoms with van der Waals surface area (Å²) in [7, 11) is 0. The van der Waals surface area contributed by atoms with E-state index in [2.05, 4.69) is 33.5 Å². The topological polar surface area (TPSA) is 317 Å². The summed E-state index contributed by atoms with van der Waals surface area (Å²) in [5.41, 5.74) is 4.27. The van der Waals surface area contributed by atoms with Crippen molar-refractivity contribution in [3.05, 3.63) is 108 Å². The lowest BCUT2D eigenvalue weighted by molar-refractivity contribution is -0.147. The third-order valence-corrected chi connectivity index (χ3v) is 14.7. The molecule has 0 aliphatic carbocycles. The van der Waals surface area contributed by atoms with Crippen LogP contribution in [0.15, 0.2) is 97.1 Å². The summed E-state index contributed by atoms with van der Waals surface area (Å²) >= 11 is 0. The first-order valence-corrected chi connectivity index (χ1v) is 27.0. The molecule has 4 aromatic carbocycles. The number of unbranched alkanes of at least 4 members (excludes halogenated alkanes) is 2. The van der Waals surface area contributed by atoms with Gasteiger partial charge >= 0.3 is 0 Å². The number of carbonyl (C=O) groups excluding carboxylic acids is 7. The van der Waals surface area contributed by atoms with E-state index in [1.807, 2.05) is 48.5 Å². The summed E-state index contributed by atoms with van der Waals surface area (Å²) in [4.78, 5) is 102. The van der Waals surface area contributed by atoms with Crippen molar-refractivity contribution in [2.24, 2.45) is 5.92 Å². The van der Waals surface area contributed by atoms with E-state index in [4.69, 9.17) is 4.74 Å². The fraction of sp³-hybridized carbons (Fsp3) is 0.466. The van der Waals surface area contributed by atoms with E-state index in [1.165, 1.54) is 38.1 Å². The van der Waals surface area contributed by atoms with Crippen LogP contribution in [0.2, 0.25) is 0 Å². The van der Waals surface area contributed by atoms with Gasteiger partial charge in [-0.15, -0.1) is 0 Å². The molecule has 2 unspecified atom stereocenters. The van der Waals surface area contributed by atoms with Crippen LogP contribution in [0.3, 0.4) is 0 Å². The highest BCUT2D eigenvalue weighted by molar-refractivity contribution is 6.00. The van der Waals surface area contributed by atoms with E-state index >= 15 is 0 Å². The molecule has 424 valence electrons. The van der Waals surface area contributed by atoms with Crippen LogP contribution in [0.25, 0.3) is 22.3 Å². The Kier molecular flexibility index (Phi) is 20.2. The Morgan fingerprint density at radius 1 is 0.684 bits per heavy atom. The van der Waals surface area contributed by atoms with Gasteiger partial charge in [0.1, 0.15) is 47.8 Å². The number of phenolic OH excluding ortho intramolecular Hbond substituents is 1. The molecule has 3 aliphatic heterocycles. The minimum atomic E-state index is -1.91. The zero-order valence-electron chi connectivity index (χ0n) is 44.8. The number of aliphatic hydroxyl groups is 5. The Labute approximate surface area is 458 Å². The average molecular weight is 1090 g/mol. The molecule has 3 aliphatic rings. The Bertz CT molecular complexity index is 2760. The van der Waals surface area contributed by atoms with Gasteiger partial charge in [0.2, 0.25) is 35.4 Å². The van der Waals surface area contributed by atoms with Crippen molar-refractivity contribution in [3.8, 4) is 33.8 Å². The van der Waals surface area contributed by atoms with Gasteiger partial charge < -0.3 is 71.8 Å². The molecule has 0 aromatic heterocycles. The third kappa shape index (κ3) is 14.8. The molecule has 4 aromatic rings. The first-order chi connectivity index (χ1) is 37.7. The molecule has 7 rings (SSSR count). The maximum absolute atomic E-state index is 14.4. The van der Waals surface area contributed by atoms with Crippen LogP contribution < -0.4 is 31.3 Å². The van der Waals surface area contributed by atoms with E-state index < -0.39 is 121 Å². The van der Waals surface area contributed by atoms with Crippen LogP contribution in [-0.4, -0.2) is 175 Å². The number of amides is 7. The predicted molar refractivity (Wildman–Crippen MR) is 290 cm³/mol. The summed E-state index contributed by atoms with van der Waals surface area (Å²) in [6, 6.07) is 18.1. The minimum Gasteiger partial charge on any atom is -0.508 e. The number of carbonyl (C=O) groups is 7. The summed E-state index contributed by atoms with van der Waals surface area (Å²) < 4.78 is 5.86. The summed E-state index contributed by atoms with van der Waals surface area (Å²) in [6.07, 6.45) is -5.29. The molecule has 3 heterocycles. The number of phenols is 1. The molecule has 11 N–H and O–H groups in total. The van der Waals surface area contributed by atoms with Gasteiger partial charge in [-0.1, -0.05) is 87.4 Å². The summed E-state index contributed by atoms with van der Waals surface area (Å²) in [6.45, 7) is 6.05. The lowest BCUT2D eigenvalue weighted by Gasteiger charge is -2.33. The van der Waals surface area contributed by atoms with Crippen molar-refractivity contribution in [1.29, 1.82) is 0 Å². The summed E-state index contributed by atoms with van der Waals surface area (Å²) in [5.74, 6) is -6.54. The predicted octanol–water partition coefficient (Wildman–Crippen LogP) is 1.29. The molecule has 79 heavy (non-hydrogen) atoms. The number of nitrogens with one attached hydrogen (secondary N) is 5. The van der Waals surface area contributed by atoms with Crippen molar-refractivity contribution in [3.63, 3.8) is 0 Å². The molecule has 3 saturated heterocycles. The molecule has 0 radical (unpaired) electrons. The van der Waals surface area contributed by atoms with Gasteiger partial charge in [-0.2, -0.15) is 0 Å². The smallest absolute Gasteiger partial charge is 0.251 e. The van der Waals surface area contributed by atoms with Gasteiger partial charge in [-0.25, -0.2) is 0 Å². The molecule has 21 nitrogen and oxygen atoms in total. The number of nitrogens with zero attached hydrogens (tertiary/aromatic N) is 2. The number of ether oxygens (including phenoxy) is 1. The number of hydrogen-bond acceptors (Lipinski definition) is 14. The Hall–Kier alpha value is -7.43. The van der Waals surface area contributed by atoms with Crippen LogP contribution in [0.5, 0.6) is 11.5 Å². The van der Waals surface area contributed by atoms with Crippen LogP contribution >= 0.6 is 0 Å². The highest BCUT2D eigenvalue weighted by Gasteiger charge is 2.49. The van der Waals surface area contributed by atoms with Crippen LogP contribution in [0.4, 0.5) is 0 Å². The molecule has 7 amide bonds. The lowest BCUT2D eigenvalue weighted by atomic mass is 9.99. The second kappa shape index (κ2) is 27.0. The monoisotopic (exact) mass is 1090 g/mol. The normalized spacial score (nSPS) is 25.8. The number of aliphatic hydroxyl groups excluding tert-OH is 5. The zero-order valence-corrected chi connectivity index (χ0v) is 44.8. The number of benzene rings is 4. The fourth-order valence-electron chi connectivity index (χ4n) is 10.2. The zero-order chi connectivity index (χ0) is 57.1. The van der Waals surface area contributed by atoms with Gasteiger partial charge in [-0.05, 0) is 97.3 Å². The third-order valence-electron chi connectivity index (χ3n) is 14.7. The molecule has 12 atom stereocenters. The van der Waals surface area contributed by atoms with Gasteiger partial charge in [0.15, 0.2) is 0 Å². The molecule has 0 spiro atoms. The number of aromatic hydroxyl groups is 1. The number of rotatable bonds is 14. The van der Waals surface area contributed by atoms with Crippen molar-refractivity contribution >= 4 is 41.4 Å². The van der Waals surface area contributed by atoms with Gasteiger partial charge in [-0.3, -0.25) is 33.6 Å². The molecular weight excluding hydrogens is 1020 g/mol. The average Bonchev–Trinajstić information content (AvgIpc) is 4.02. The largest absolute Gasteiger partial charge is 0.508 e. The standard InChI is InChI=1S/C58H73N7O14/c1-5-6-7-27-79-43-24-20-39(21-25-43)37-14-12-36(13-15-37)38-16-18-40(19-17-38)52(72)60-44-9-8-26-59-56(76)50-51(71)32(2)30-65(50)58(78)48(34(4)67)62-55(75)49(46(70)28-35-10-22-41(68)23-11-35)63-54(74)45-29-42(69)31-64(45)57(77)47(33(3)66)61-53(44)73/h10-25,32-34,42,44-51,66-71H,5-9,26-31H2,1-4H3,(H,59,76)(H,60,72)(H,61,73)(H,62,75)(H,63,74)/t32-,33?,34?,42+,44+,45-,46+,47-,48-,49-,50-,51-/m0/s1. The fourth-order valence-corrected chi connectivity index (χ4v) is 10.2. The molecule has 0 bridgehead atoms. The van der Waals surface area contributed by atoms with Crippen LogP contribution in [0.1, 0.15) is 82.1 Å². The van der Waals surface area contributed by atoms with E-state index in [9.17, 15) is 64.2 Å². The first kappa shape index (κ1) is 59.2. The Balaban J connectivity index is 1.13. The Morgan fingerprint density at radius 3 is 1.81 bits per heavy atom. The van der Waals surface area contributed by atoms with E-state index in [0.29, 0.717) is 12.2 Å². The van der Waals surface area contributed by atoms with Crippen molar-refractivity contribution < 1.29 is 68.9 Å². The highest BCUT2D eigenvalue weighted by Crippen LogP contribution is 2.29.